The molecule has 0 radical (unpaired) electrons. The van der Waals surface area contributed by atoms with Crippen molar-refractivity contribution in [1.29, 1.82) is 0 Å². The minimum Gasteiger partial charge on any atom is -0.364 e. The van der Waals surface area contributed by atoms with Crippen LogP contribution >= 0.6 is 11.6 Å². The number of hydrogen-bond acceptors (Lipinski definition) is 4. The van der Waals surface area contributed by atoms with Crippen molar-refractivity contribution in [3.05, 3.63) is 75.6 Å². The lowest BCUT2D eigenvalue weighted by Gasteiger charge is -2.28. The third-order valence-electron chi connectivity index (χ3n) is 4.79. The molecule has 0 saturated carbocycles. The van der Waals surface area contributed by atoms with Crippen LogP contribution in [0, 0.1) is 10.1 Å². The number of nitro benzene ring substituents is 1. The summed E-state index contributed by atoms with van der Waals surface area (Å²) in [5.41, 5.74) is 2.32. The second-order valence-corrected chi connectivity index (χ2v) is 6.62. The summed E-state index contributed by atoms with van der Waals surface area (Å²) >= 11 is 6.01. The van der Waals surface area contributed by atoms with E-state index in [0.29, 0.717) is 5.39 Å². The molecule has 1 aromatic heterocycles. The van der Waals surface area contributed by atoms with Crippen LogP contribution in [0.15, 0.2) is 54.9 Å². The number of fused-ring (bicyclic) bond motifs is 1. The van der Waals surface area contributed by atoms with Gasteiger partial charge in [-0.2, -0.15) is 0 Å². The van der Waals surface area contributed by atoms with Crippen LogP contribution in [0.25, 0.3) is 10.8 Å². The van der Waals surface area contributed by atoms with Crippen LogP contribution < -0.4 is 4.90 Å². The maximum Gasteiger partial charge on any atom is 0.278 e. The molecule has 1 unspecified atom stereocenters. The standard InChI is InChI=1S/C19H16ClN3O2/c20-14-5-3-13(4-6-14)17-2-1-11-22(17)18-7-8-19(23(24)25)16-12-21-10-9-15(16)18/h3-10,12,17H,1-2,11H2. The molecule has 5 nitrogen and oxygen atoms in total. The van der Waals surface area contributed by atoms with Gasteiger partial charge in [0.05, 0.1) is 16.4 Å². The summed E-state index contributed by atoms with van der Waals surface area (Å²) in [7, 11) is 0. The van der Waals surface area contributed by atoms with Crippen molar-refractivity contribution in [2.75, 3.05) is 11.4 Å². The minimum absolute atomic E-state index is 0.0917. The molecule has 0 spiro atoms. The van der Waals surface area contributed by atoms with Gasteiger partial charge in [0.25, 0.3) is 5.69 Å². The highest BCUT2D eigenvalue weighted by Crippen LogP contribution is 2.41. The van der Waals surface area contributed by atoms with Crippen molar-refractivity contribution < 1.29 is 4.92 Å². The second kappa shape index (κ2) is 6.33. The molecule has 4 rings (SSSR count). The Labute approximate surface area is 150 Å². The molecular weight excluding hydrogens is 338 g/mol. The molecule has 6 heteroatoms. The lowest BCUT2D eigenvalue weighted by molar-refractivity contribution is -0.383. The Morgan fingerprint density at radius 3 is 2.68 bits per heavy atom. The van der Waals surface area contributed by atoms with Gasteiger partial charge in [-0.15, -0.1) is 0 Å². The summed E-state index contributed by atoms with van der Waals surface area (Å²) in [4.78, 5) is 17.4. The van der Waals surface area contributed by atoms with Crippen molar-refractivity contribution in [2.45, 2.75) is 18.9 Å². The third kappa shape index (κ3) is 2.81. The topological polar surface area (TPSA) is 59.3 Å². The number of nitro groups is 1. The van der Waals surface area contributed by atoms with Gasteiger partial charge in [-0.3, -0.25) is 15.1 Å². The van der Waals surface area contributed by atoms with Gasteiger partial charge in [-0.25, -0.2) is 0 Å². The molecule has 2 aromatic carbocycles. The first-order valence-electron chi connectivity index (χ1n) is 8.18. The van der Waals surface area contributed by atoms with Gasteiger partial charge in [-0.05, 0) is 42.7 Å². The summed E-state index contributed by atoms with van der Waals surface area (Å²) in [6.07, 6.45) is 5.38. The summed E-state index contributed by atoms with van der Waals surface area (Å²) in [6, 6.07) is 13.5. The summed E-state index contributed by atoms with van der Waals surface area (Å²) in [6.45, 7) is 0.919. The molecule has 3 aromatic rings. The first-order valence-corrected chi connectivity index (χ1v) is 8.56. The molecule has 1 aliphatic rings. The zero-order valence-corrected chi connectivity index (χ0v) is 14.2. The average molecular weight is 354 g/mol. The van der Waals surface area contributed by atoms with Gasteiger partial charge in [0, 0.05) is 41.1 Å². The van der Waals surface area contributed by atoms with Crippen LogP contribution in [-0.2, 0) is 0 Å². The number of nitrogens with zero attached hydrogens (tertiary/aromatic N) is 3. The largest absolute Gasteiger partial charge is 0.364 e. The van der Waals surface area contributed by atoms with Gasteiger partial charge >= 0.3 is 0 Å². The van der Waals surface area contributed by atoms with Crippen LogP contribution in [0.3, 0.4) is 0 Å². The smallest absolute Gasteiger partial charge is 0.278 e. The number of halogens is 1. The van der Waals surface area contributed by atoms with E-state index in [0.717, 1.165) is 35.5 Å². The fraction of sp³-hybridized carbons (Fsp3) is 0.211. The first kappa shape index (κ1) is 15.8. The van der Waals surface area contributed by atoms with Gasteiger partial charge < -0.3 is 4.90 Å². The number of pyridine rings is 1. The van der Waals surface area contributed by atoms with E-state index in [1.165, 1.54) is 5.56 Å². The summed E-state index contributed by atoms with van der Waals surface area (Å²) in [5, 5.41) is 13.5. The highest BCUT2D eigenvalue weighted by Gasteiger charge is 2.28. The Hall–Kier alpha value is -2.66. The normalized spacial score (nSPS) is 17.2. The predicted molar refractivity (Wildman–Crippen MR) is 99.2 cm³/mol. The maximum absolute atomic E-state index is 11.3. The second-order valence-electron chi connectivity index (χ2n) is 6.19. The van der Waals surface area contributed by atoms with Crippen LogP contribution in [-0.4, -0.2) is 16.5 Å². The SMILES string of the molecule is O=[N+]([O-])c1ccc(N2CCCC2c2ccc(Cl)cc2)c2ccncc12. The monoisotopic (exact) mass is 353 g/mol. The molecule has 1 atom stereocenters. The molecule has 1 fully saturated rings. The van der Waals surface area contributed by atoms with Crippen molar-refractivity contribution >= 4 is 33.7 Å². The quantitative estimate of drug-likeness (QED) is 0.483. The fourth-order valence-corrected chi connectivity index (χ4v) is 3.78. The van der Waals surface area contributed by atoms with E-state index in [4.69, 9.17) is 11.6 Å². The molecule has 0 bridgehead atoms. The Balaban J connectivity index is 1.82. The Morgan fingerprint density at radius 1 is 1.12 bits per heavy atom. The maximum atomic E-state index is 11.3. The van der Waals surface area contributed by atoms with Crippen LogP contribution in [0.4, 0.5) is 11.4 Å². The van der Waals surface area contributed by atoms with Crippen LogP contribution in [0.1, 0.15) is 24.4 Å². The van der Waals surface area contributed by atoms with E-state index in [1.807, 2.05) is 24.3 Å². The van der Waals surface area contributed by atoms with Crippen LogP contribution in [0.5, 0.6) is 0 Å². The molecule has 0 aliphatic carbocycles. The number of non-ortho nitro benzene ring substituents is 1. The van der Waals surface area contributed by atoms with Crippen molar-refractivity contribution in [3.8, 4) is 0 Å². The van der Waals surface area contributed by atoms with E-state index in [-0.39, 0.29) is 16.7 Å². The van der Waals surface area contributed by atoms with Crippen molar-refractivity contribution in [1.82, 2.24) is 4.98 Å². The van der Waals surface area contributed by atoms with Gasteiger partial charge in [0.15, 0.2) is 0 Å². The molecule has 2 heterocycles. The third-order valence-corrected chi connectivity index (χ3v) is 5.04. The fourth-order valence-electron chi connectivity index (χ4n) is 3.66. The number of rotatable bonds is 3. The van der Waals surface area contributed by atoms with Crippen molar-refractivity contribution in [3.63, 3.8) is 0 Å². The number of anilines is 1. The number of hydrogen-bond donors (Lipinski definition) is 0. The molecule has 126 valence electrons. The molecule has 1 aliphatic heterocycles. The van der Waals surface area contributed by atoms with E-state index in [2.05, 4.69) is 22.0 Å². The molecular formula is C19H16ClN3O2. The first-order chi connectivity index (χ1) is 12.1. The predicted octanol–water partition coefficient (Wildman–Crippen LogP) is 5.14. The number of benzene rings is 2. The molecule has 0 amide bonds. The molecule has 25 heavy (non-hydrogen) atoms. The average Bonchev–Trinajstić information content (AvgIpc) is 3.10. The highest BCUT2D eigenvalue weighted by atomic mass is 35.5. The van der Waals surface area contributed by atoms with E-state index >= 15 is 0 Å². The van der Waals surface area contributed by atoms with E-state index in [1.54, 1.807) is 18.5 Å². The minimum atomic E-state index is -0.353. The molecule has 1 saturated heterocycles. The summed E-state index contributed by atoms with van der Waals surface area (Å²) in [5.74, 6) is 0. The van der Waals surface area contributed by atoms with E-state index in [9.17, 15) is 10.1 Å². The lowest BCUT2D eigenvalue weighted by Crippen LogP contribution is -2.22. The van der Waals surface area contributed by atoms with Gasteiger partial charge in [0.1, 0.15) is 0 Å². The Morgan fingerprint density at radius 2 is 1.92 bits per heavy atom. The van der Waals surface area contributed by atoms with Gasteiger partial charge in [0.2, 0.25) is 0 Å². The number of aromatic nitrogens is 1. The highest BCUT2D eigenvalue weighted by molar-refractivity contribution is 6.30. The summed E-state index contributed by atoms with van der Waals surface area (Å²) < 4.78 is 0. The Kier molecular flexibility index (Phi) is 4.01. The van der Waals surface area contributed by atoms with Crippen LogP contribution in [0.2, 0.25) is 5.02 Å². The van der Waals surface area contributed by atoms with Crippen molar-refractivity contribution in [2.24, 2.45) is 0 Å². The van der Waals surface area contributed by atoms with Gasteiger partial charge in [-0.1, -0.05) is 23.7 Å². The Bertz CT molecular complexity index is 943. The zero-order valence-electron chi connectivity index (χ0n) is 13.4. The zero-order chi connectivity index (χ0) is 17.4. The van der Waals surface area contributed by atoms with E-state index < -0.39 is 0 Å². The molecule has 0 N–H and O–H groups in total. The lowest BCUT2D eigenvalue weighted by atomic mass is 10.0.